The van der Waals surface area contributed by atoms with E-state index in [4.69, 9.17) is 0 Å². The van der Waals surface area contributed by atoms with E-state index in [2.05, 4.69) is 18.5 Å². The zero-order valence-electron chi connectivity index (χ0n) is 15.6. The van der Waals surface area contributed by atoms with Crippen molar-refractivity contribution < 1.29 is 14.0 Å². The van der Waals surface area contributed by atoms with Crippen LogP contribution in [0.5, 0.6) is 0 Å². The van der Waals surface area contributed by atoms with Crippen molar-refractivity contribution in [3.63, 3.8) is 0 Å². The molecule has 2 amide bonds. The molecule has 2 heterocycles. The fourth-order valence-electron chi connectivity index (χ4n) is 4.39. The van der Waals surface area contributed by atoms with Crippen LogP contribution < -0.4 is 5.32 Å². The van der Waals surface area contributed by atoms with Gasteiger partial charge in [0.25, 0.3) is 5.91 Å². The summed E-state index contributed by atoms with van der Waals surface area (Å²) in [5.41, 5.74) is 1.89. The van der Waals surface area contributed by atoms with Crippen LogP contribution in [0.3, 0.4) is 0 Å². The first-order valence-electron chi connectivity index (χ1n) is 9.29. The van der Waals surface area contributed by atoms with Crippen LogP contribution >= 0.6 is 0 Å². The average molecular weight is 368 g/mol. The summed E-state index contributed by atoms with van der Waals surface area (Å²) < 4.78 is 13.2. The molecular formula is C22H25FN2O2. The molecule has 2 saturated heterocycles. The number of carbonyl (C=O) groups is 2. The van der Waals surface area contributed by atoms with E-state index in [-0.39, 0.29) is 29.7 Å². The second kappa shape index (κ2) is 7.91. The topological polar surface area (TPSA) is 49.4 Å². The van der Waals surface area contributed by atoms with Crippen LogP contribution in [-0.2, 0) is 9.59 Å². The Morgan fingerprint density at radius 2 is 1.70 bits per heavy atom. The minimum absolute atomic E-state index is 0.112. The molecule has 2 atom stereocenters. The number of benzene rings is 1. The predicted octanol–water partition coefficient (Wildman–Crippen LogP) is 3.82. The molecule has 0 radical (unpaired) electrons. The maximum absolute atomic E-state index is 13.2. The molecule has 5 heteroatoms. The molecule has 2 aliphatic heterocycles. The number of hydrogen-bond donors (Lipinski definition) is 1. The molecule has 2 aliphatic rings. The van der Waals surface area contributed by atoms with Crippen LogP contribution in [0.15, 0.2) is 60.8 Å². The van der Waals surface area contributed by atoms with Crippen LogP contribution in [0, 0.1) is 5.82 Å². The monoisotopic (exact) mass is 368 g/mol. The first-order valence-corrected chi connectivity index (χ1v) is 9.29. The second-order valence-electron chi connectivity index (χ2n) is 7.23. The Hall–Kier alpha value is -2.69. The summed E-state index contributed by atoms with van der Waals surface area (Å²) in [6.45, 7) is 8.85. The largest absolute Gasteiger partial charge is 0.333 e. The molecule has 1 aromatic rings. The van der Waals surface area contributed by atoms with E-state index in [1.54, 1.807) is 0 Å². The van der Waals surface area contributed by atoms with E-state index in [0.29, 0.717) is 17.2 Å². The van der Waals surface area contributed by atoms with Gasteiger partial charge in [-0.3, -0.25) is 9.59 Å². The van der Waals surface area contributed by atoms with Crippen LogP contribution in [-0.4, -0.2) is 28.8 Å². The summed E-state index contributed by atoms with van der Waals surface area (Å²) in [6, 6.07) is 6.97. The van der Waals surface area contributed by atoms with Gasteiger partial charge >= 0.3 is 0 Å². The van der Waals surface area contributed by atoms with Crippen LogP contribution in [0.25, 0.3) is 0 Å². The minimum atomic E-state index is -0.255. The molecule has 0 saturated carbocycles. The Balaban J connectivity index is 1.82. The van der Waals surface area contributed by atoms with E-state index in [1.165, 1.54) is 31.2 Å². The van der Waals surface area contributed by atoms with Crippen LogP contribution in [0.2, 0.25) is 0 Å². The maximum Gasteiger partial charge on any atom is 0.256 e. The Kier molecular flexibility index (Phi) is 5.59. The first kappa shape index (κ1) is 19.1. The standard InChI is InChI=1S/C22H25FN2O2/c1-4-20(21(5-2)24-14(3)26)22(27)25-18-10-11-19(25)13-16(12-18)15-6-8-17(23)9-7-15/h4-9,16,18-19H,1-2,10-13H2,3H3,(H,24,26)/b21-20-. The normalized spacial score (nSPS) is 24.8. The maximum atomic E-state index is 13.2. The first-order chi connectivity index (χ1) is 12.9. The molecule has 3 rings (SSSR count). The number of nitrogens with zero attached hydrogens (tertiary/aromatic N) is 1. The van der Waals surface area contributed by atoms with E-state index in [0.717, 1.165) is 31.2 Å². The van der Waals surface area contributed by atoms with Gasteiger partial charge in [0.1, 0.15) is 5.82 Å². The van der Waals surface area contributed by atoms with Gasteiger partial charge in [-0.05, 0) is 55.4 Å². The Bertz CT molecular complexity index is 783. The number of hydrogen-bond acceptors (Lipinski definition) is 2. The fourth-order valence-corrected chi connectivity index (χ4v) is 4.39. The van der Waals surface area contributed by atoms with Gasteiger partial charge in [0, 0.05) is 19.0 Å². The lowest BCUT2D eigenvalue weighted by atomic mass is 9.84. The minimum Gasteiger partial charge on any atom is -0.333 e. The zero-order chi connectivity index (χ0) is 19.6. The molecule has 0 aromatic heterocycles. The zero-order valence-corrected chi connectivity index (χ0v) is 15.6. The highest BCUT2D eigenvalue weighted by Gasteiger charge is 2.44. The number of rotatable bonds is 5. The molecule has 142 valence electrons. The lowest BCUT2D eigenvalue weighted by molar-refractivity contribution is -0.131. The van der Waals surface area contributed by atoms with Crippen LogP contribution in [0.1, 0.15) is 44.1 Å². The number of piperidine rings is 1. The number of nitrogens with one attached hydrogen (secondary N) is 1. The van der Waals surface area contributed by atoms with E-state index >= 15 is 0 Å². The van der Waals surface area contributed by atoms with Crippen LogP contribution in [0.4, 0.5) is 4.39 Å². The highest BCUT2D eigenvalue weighted by molar-refractivity contribution is 5.98. The molecule has 0 aliphatic carbocycles. The number of halogens is 1. The number of carbonyl (C=O) groups excluding carboxylic acids is 2. The molecule has 0 spiro atoms. The summed E-state index contributed by atoms with van der Waals surface area (Å²) in [7, 11) is 0. The number of allylic oxidation sites excluding steroid dienone is 1. The summed E-state index contributed by atoms with van der Waals surface area (Å²) in [5, 5.41) is 2.66. The molecule has 1 N–H and O–H groups in total. The third-order valence-electron chi connectivity index (χ3n) is 5.55. The molecule has 2 unspecified atom stereocenters. The Labute approximate surface area is 159 Å². The summed E-state index contributed by atoms with van der Waals surface area (Å²) in [5.74, 6) is -0.267. The highest BCUT2D eigenvalue weighted by atomic mass is 19.1. The fraction of sp³-hybridized carbons (Fsp3) is 0.364. The van der Waals surface area contributed by atoms with E-state index in [9.17, 15) is 14.0 Å². The van der Waals surface area contributed by atoms with Crippen molar-refractivity contribution in [1.82, 2.24) is 10.2 Å². The third kappa shape index (κ3) is 3.87. The molecule has 27 heavy (non-hydrogen) atoms. The Morgan fingerprint density at radius 1 is 1.11 bits per heavy atom. The molecular weight excluding hydrogens is 343 g/mol. The van der Waals surface area contributed by atoms with Gasteiger partial charge in [-0.15, -0.1) is 0 Å². The highest BCUT2D eigenvalue weighted by Crippen LogP contribution is 2.43. The van der Waals surface area contributed by atoms with E-state index < -0.39 is 0 Å². The van der Waals surface area contributed by atoms with Gasteiger partial charge in [0.05, 0.1) is 11.3 Å². The summed E-state index contributed by atoms with van der Waals surface area (Å²) >= 11 is 0. The third-order valence-corrected chi connectivity index (χ3v) is 5.55. The van der Waals surface area contributed by atoms with Crippen molar-refractivity contribution in [3.8, 4) is 0 Å². The van der Waals surface area contributed by atoms with E-state index in [1.807, 2.05) is 17.0 Å². The van der Waals surface area contributed by atoms with Crippen molar-refractivity contribution in [2.45, 2.75) is 50.6 Å². The SMILES string of the molecule is C=C/C(NC(C)=O)=C(\C=C)C(=O)N1C2CCC1CC(c1ccc(F)cc1)C2. The van der Waals surface area contributed by atoms with Gasteiger partial charge in [0.2, 0.25) is 5.91 Å². The average Bonchev–Trinajstić information content (AvgIpc) is 2.91. The molecule has 4 nitrogen and oxygen atoms in total. The van der Waals surface area contributed by atoms with Gasteiger partial charge in [0.15, 0.2) is 0 Å². The second-order valence-corrected chi connectivity index (χ2v) is 7.23. The predicted molar refractivity (Wildman–Crippen MR) is 103 cm³/mol. The molecule has 2 bridgehead atoms. The summed E-state index contributed by atoms with van der Waals surface area (Å²) in [6.07, 6.45) is 6.61. The van der Waals surface area contributed by atoms with Crippen molar-refractivity contribution >= 4 is 11.8 Å². The van der Waals surface area contributed by atoms with Crippen molar-refractivity contribution in [2.24, 2.45) is 0 Å². The van der Waals surface area contributed by atoms with Gasteiger partial charge in [-0.2, -0.15) is 0 Å². The van der Waals surface area contributed by atoms with Crippen molar-refractivity contribution in [1.29, 1.82) is 0 Å². The Morgan fingerprint density at radius 3 is 2.19 bits per heavy atom. The lowest BCUT2D eigenvalue weighted by Gasteiger charge is -2.39. The smallest absolute Gasteiger partial charge is 0.256 e. The number of amides is 2. The van der Waals surface area contributed by atoms with Crippen molar-refractivity contribution in [3.05, 3.63) is 72.2 Å². The molecule has 2 fully saturated rings. The molecule has 1 aromatic carbocycles. The van der Waals surface area contributed by atoms with Gasteiger partial charge in [-0.1, -0.05) is 31.4 Å². The van der Waals surface area contributed by atoms with Gasteiger partial charge in [-0.25, -0.2) is 4.39 Å². The lowest BCUT2D eigenvalue weighted by Crippen LogP contribution is -2.47. The van der Waals surface area contributed by atoms with Gasteiger partial charge < -0.3 is 10.2 Å². The number of fused-ring (bicyclic) bond motifs is 2. The quantitative estimate of drug-likeness (QED) is 0.634. The van der Waals surface area contributed by atoms with Crippen molar-refractivity contribution in [2.75, 3.05) is 0 Å². The summed E-state index contributed by atoms with van der Waals surface area (Å²) in [4.78, 5) is 26.6.